The molecule has 19 heavy (non-hydrogen) atoms. The van der Waals surface area contributed by atoms with Crippen LogP contribution in [0.1, 0.15) is 25.2 Å². The summed E-state index contributed by atoms with van der Waals surface area (Å²) >= 11 is 0. The van der Waals surface area contributed by atoms with Crippen LogP contribution in [0.2, 0.25) is 0 Å². The van der Waals surface area contributed by atoms with E-state index in [0.717, 1.165) is 19.3 Å². The molecule has 1 saturated carbocycles. The lowest BCUT2D eigenvalue weighted by molar-refractivity contribution is -0.384. The number of nitrogens with two attached hydrogens (primary N) is 1. The maximum Gasteiger partial charge on any atom is 0.280 e. The Bertz CT molecular complexity index is 633. The van der Waals surface area contributed by atoms with Crippen LogP contribution in [-0.4, -0.2) is 15.1 Å². The molecule has 1 aliphatic rings. The minimum absolute atomic E-state index is 0.0467. The Labute approximate surface area is 108 Å². The molecule has 0 spiro atoms. The van der Waals surface area contributed by atoms with Crippen molar-refractivity contribution in [2.24, 2.45) is 5.73 Å². The van der Waals surface area contributed by atoms with Gasteiger partial charge in [-0.2, -0.15) is 4.98 Å². The lowest BCUT2D eigenvalue weighted by Crippen LogP contribution is -2.43. The summed E-state index contributed by atoms with van der Waals surface area (Å²) in [5.74, 6) is 0.561. The largest absolute Gasteiger partial charge is 0.337 e. The molecule has 0 bridgehead atoms. The molecule has 0 amide bonds. The summed E-state index contributed by atoms with van der Waals surface area (Å²) in [6, 6.07) is 6.29. The number of benzene rings is 1. The Kier molecular flexibility index (Phi) is 2.56. The molecule has 1 heterocycles. The zero-order chi connectivity index (χ0) is 13.5. The van der Waals surface area contributed by atoms with Crippen molar-refractivity contribution in [3.8, 4) is 11.4 Å². The molecule has 7 heteroatoms. The van der Waals surface area contributed by atoms with Gasteiger partial charge in [0.05, 0.1) is 10.5 Å². The third-order valence-corrected chi connectivity index (χ3v) is 3.44. The first-order valence-electron chi connectivity index (χ1n) is 5.97. The maximum absolute atomic E-state index is 11.0. The molecule has 2 aromatic rings. The first-order valence-corrected chi connectivity index (χ1v) is 5.97. The van der Waals surface area contributed by atoms with Crippen molar-refractivity contribution in [3.63, 3.8) is 0 Å². The number of hydrogen-bond acceptors (Lipinski definition) is 6. The molecule has 7 nitrogen and oxygen atoms in total. The molecule has 0 saturated heterocycles. The molecule has 1 fully saturated rings. The van der Waals surface area contributed by atoms with Crippen LogP contribution in [0.4, 0.5) is 5.69 Å². The van der Waals surface area contributed by atoms with Gasteiger partial charge in [0.25, 0.3) is 5.69 Å². The summed E-state index contributed by atoms with van der Waals surface area (Å²) in [4.78, 5) is 14.7. The van der Waals surface area contributed by atoms with Crippen LogP contribution in [0, 0.1) is 10.1 Å². The summed E-state index contributed by atoms with van der Waals surface area (Å²) in [5.41, 5.74) is 5.81. The zero-order valence-corrected chi connectivity index (χ0v) is 10.1. The molecule has 2 N–H and O–H groups in total. The second-order valence-corrected chi connectivity index (χ2v) is 4.71. The number of para-hydroxylation sites is 1. The van der Waals surface area contributed by atoms with Gasteiger partial charge in [-0.1, -0.05) is 17.3 Å². The monoisotopic (exact) mass is 260 g/mol. The van der Waals surface area contributed by atoms with Gasteiger partial charge in [0, 0.05) is 6.07 Å². The van der Waals surface area contributed by atoms with Gasteiger partial charge in [-0.15, -0.1) is 0 Å². The quantitative estimate of drug-likeness (QED) is 0.667. The third kappa shape index (κ3) is 1.88. The fourth-order valence-corrected chi connectivity index (χ4v) is 2.13. The number of nitro benzene ring substituents is 1. The molecular formula is C12H12N4O3. The predicted octanol–water partition coefficient (Wildman–Crippen LogP) is 1.98. The van der Waals surface area contributed by atoms with E-state index >= 15 is 0 Å². The van der Waals surface area contributed by atoms with E-state index in [-0.39, 0.29) is 11.5 Å². The van der Waals surface area contributed by atoms with E-state index < -0.39 is 10.5 Å². The maximum atomic E-state index is 11.0. The summed E-state index contributed by atoms with van der Waals surface area (Å²) in [6.45, 7) is 0. The van der Waals surface area contributed by atoms with Crippen molar-refractivity contribution in [3.05, 3.63) is 40.3 Å². The van der Waals surface area contributed by atoms with E-state index in [2.05, 4.69) is 10.1 Å². The third-order valence-electron chi connectivity index (χ3n) is 3.44. The van der Waals surface area contributed by atoms with Gasteiger partial charge in [-0.25, -0.2) is 0 Å². The van der Waals surface area contributed by atoms with E-state index in [1.165, 1.54) is 6.07 Å². The van der Waals surface area contributed by atoms with E-state index in [1.807, 2.05) is 0 Å². The van der Waals surface area contributed by atoms with Crippen molar-refractivity contribution in [2.75, 3.05) is 0 Å². The van der Waals surface area contributed by atoms with Gasteiger partial charge in [-0.3, -0.25) is 10.1 Å². The van der Waals surface area contributed by atoms with Crippen molar-refractivity contribution >= 4 is 5.69 Å². The van der Waals surface area contributed by atoms with E-state index in [1.54, 1.807) is 18.2 Å². The van der Waals surface area contributed by atoms with Crippen LogP contribution < -0.4 is 5.73 Å². The number of nitro groups is 1. The first kappa shape index (κ1) is 11.8. The van der Waals surface area contributed by atoms with Crippen LogP contribution in [0.15, 0.2) is 28.8 Å². The smallest absolute Gasteiger partial charge is 0.280 e. The first-order chi connectivity index (χ1) is 9.10. The van der Waals surface area contributed by atoms with Crippen molar-refractivity contribution in [1.29, 1.82) is 0 Å². The van der Waals surface area contributed by atoms with Gasteiger partial charge in [0.2, 0.25) is 11.7 Å². The second-order valence-electron chi connectivity index (χ2n) is 4.71. The summed E-state index contributed by atoms with van der Waals surface area (Å²) < 4.78 is 5.15. The highest BCUT2D eigenvalue weighted by Gasteiger charge is 2.40. The van der Waals surface area contributed by atoms with Gasteiger partial charge in [0.1, 0.15) is 5.56 Å². The molecule has 0 unspecified atom stereocenters. The van der Waals surface area contributed by atoms with E-state index in [4.69, 9.17) is 10.3 Å². The fraction of sp³-hybridized carbons (Fsp3) is 0.333. The van der Waals surface area contributed by atoms with Crippen LogP contribution in [0.3, 0.4) is 0 Å². The number of aromatic nitrogens is 2. The molecule has 0 atom stereocenters. The lowest BCUT2D eigenvalue weighted by atomic mass is 9.78. The van der Waals surface area contributed by atoms with Gasteiger partial charge in [-0.05, 0) is 25.3 Å². The minimum atomic E-state index is -0.561. The predicted molar refractivity (Wildman–Crippen MR) is 66.1 cm³/mol. The Morgan fingerprint density at radius 1 is 1.37 bits per heavy atom. The standard InChI is InChI=1S/C12H12N4O3/c13-12(6-3-7-12)11-14-10(15-19-11)8-4-1-2-5-9(8)16(17)18/h1-2,4-5H,3,6-7,13H2. The molecule has 1 aliphatic carbocycles. The number of nitrogens with zero attached hydrogens (tertiary/aromatic N) is 3. The van der Waals surface area contributed by atoms with Crippen molar-refractivity contribution in [2.45, 2.75) is 24.8 Å². The van der Waals surface area contributed by atoms with Gasteiger partial charge >= 0.3 is 0 Å². The molecule has 1 aromatic carbocycles. The molecule has 98 valence electrons. The van der Waals surface area contributed by atoms with Gasteiger partial charge in [0.15, 0.2) is 0 Å². The Morgan fingerprint density at radius 3 is 2.74 bits per heavy atom. The highest BCUT2D eigenvalue weighted by molar-refractivity contribution is 5.67. The highest BCUT2D eigenvalue weighted by Crippen LogP contribution is 2.38. The van der Waals surface area contributed by atoms with Crippen LogP contribution in [-0.2, 0) is 5.54 Å². The average molecular weight is 260 g/mol. The summed E-state index contributed by atoms with van der Waals surface area (Å²) in [6.07, 6.45) is 2.62. The van der Waals surface area contributed by atoms with E-state index in [0.29, 0.717) is 11.5 Å². The number of hydrogen-bond donors (Lipinski definition) is 1. The molecule has 0 radical (unpaired) electrons. The second kappa shape index (κ2) is 4.13. The van der Waals surface area contributed by atoms with Gasteiger partial charge < -0.3 is 10.3 Å². The molecule has 1 aromatic heterocycles. The summed E-state index contributed by atoms with van der Waals surface area (Å²) in [7, 11) is 0. The Morgan fingerprint density at radius 2 is 2.11 bits per heavy atom. The lowest BCUT2D eigenvalue weighted by Gasteiger charge is -2.33. The Balaban J connectivity index is 2.01. The zero-order valence-electron chi connectivity index (χ0n) is 10.1. The van der Waals surface area contributed by atoms with Crippen molar-refractivity contribution < 1.29 is 9.45 Å². The minimum Gasteiger partial charge on any atom is -0.337 e. The van der Waals surface area contributed by atoms with Crippen LogP contribution in [0.5, 0.6) is 0 Å². The highest BCUT2D eigenvalue weighted by atomic mass is 16.6. The van der Waals surface area contributed by atoms with E-state index in [9.17, 15) is 10.1 Å². The Hall–Kier alpha value is -2.28. The molecular weight excluding hydrogens is 248 g/mol. The fourth-order valence-electron chi connectivity index (χ4n) is 2.13. The number of rotatable bonds is 3. The summed E-state index contributed by atoms with van der Waals surface area (Å²) in [5, 5.41) is 14.8. The van der Waals surface area contributed by atoms with Crippen LogP contribution in [0.25, 0.3) is 11.4 Å². The average Bonchev–Trinajstić information content (AvgIpc) is 2.85. The topological polar surface area (TPSA) is 108 Å². The van der Waals surface area contributed by atoms with Crippen molar-refractivity contribution in [1.82, 2.24) is 10.1 Å². The molecule has 3 rings (SSSR count). The molecule has 0 aliphatic heterocycles. The van der Waals surface area contributed by atoms with Crippen LogP contribution >= 0.6 is 0 Å². The normalized spacial score (nSPS) is 16.9. The SMILES string of the molecule is NC1(c2nc(-c3ccccc3[N+](=O)[O-])no2)CCC1.